The average molecular weight is 373 g/mol. The molecule has 1 heterocycles. The average Bonchev–Trinajstić information content (AvgIpc) is 2.92. The second kappa shape index (κ2) is 8.08. The number of aromatic nitrogens is 1. The van der Waals surface area contributed by atoms with Crippen LogP contribution in [0.2, 0.25) is 0 Å². The Morgan fingerprint density at radius 2 is 1.92 bits per heavy atom. The zero-order chi connectivity index (χ0) is 18.4. The van der Waals surface area contributed by atoms with Crippen LogP contribution in [0.1, 0.15) is 21.6 Å². The lowest BCUT2D eigenvalue weighted by atomic mass is 10.1. The molecule has 1 aromatic carbocycles. The number of nitrogens with two attached hydrogens (primary N) is 1. The first kappa shape index (κ1) is 18.9. The summed E-state index contributed by atoms with van der Waals surface area (Å²) in [4.78, 5) is 27.0. The summed E-state index contributed by atoms with van der Waals surface area (Å²) in [7, 11) is 0. The van der Waals surface area contributed by atoms with E-state index in [0.29, 0.717) is 22.0 Å². The van der Waals surface area contributed by atoms with Crippen LogP contribution in [0.5, 0.6) is 0 Å². The lowest BCUT2D eigenvalue weighted by Gasteiger charge is -2.08. The number of primary amides is 1. The van der Waals surface area contributed by atoms with E-state index in [2.05, 4.69) is 15.0 Å². The number of hydrogen-bond donors (Lipinski definition) is 2. The summed E-state index contributed by atoms with van der Waals surface area (Å²) in [6.45, 7) is -1.53. The van der Waals surface area contributed by atoms with Gasteiger partial charge in [0.25, 0.3) is 5.91 Å². The summed E-state index contributed by atoms with van der Waals surface area (Å²) in [6, 6.07) is 5.95. The molecular weight excluding hydrogens is 359 g/mol. The molecule has 10 heteroatoms. The third-order valence-corrected chi connectivity index (χ3v) is 3.68. The highest BCUT2D eigenvalue weighted by Crippen LogP contribution is 2.18. The monoisotopic (exact) mass is 373 g/mol. The van der Waals surface area contributed by atoms with Crippen LogP contribution >= 0.6 is 11.3 Å². The van der Waals surface area contributed by atoms with Gasteiger partial charge >= 0.3 is 6.18 Å². The molecule has 0 unspecified atom stereocenters. The molecule has 1 aromatic heterocycles. The SMILES string of the molecule is NC(=O)Cc1csc(NC(=O)c2ccc(COCC(F)(F)F)cc2)n1. The van der Waals surface area contributed by atoms with Gasteiger partial charge in [0.15, 0.2) is 5.13 Å². The molecule has 0 radical (unpaired) electrons. The maximum Gasteiger partial charge on any atom is 0.411 e. The minimum Gasteiger partial charge on any atom is -0.369 e. The van der Waals surface area contributed by atoms with E-state index in [9.17, 15) is 22.8 Å². The highest BCUT2D eigenvalue weighted by atomic mass is 32.1. The third-order valence-electron chi connectivity index (χ3n) is 2.88. The van der Waals surface area contributed by atoms with E-state index in [-0.39, 0.29) is 13.0 Å². The lowest BCUT2D eigenvalue weighted by molar-refractivity contribution is -0.176. The summed E-state index contributed by atoms with van der Waals surface area (Å²) in [5.74, 6) is -0.950. The van der Waals surface area contributed by atoms with Crippen LogP contribution in [0.25, 0.3) is 0 Å². The van der Waals surface area contributed by atoms with Gasteiger partial charge < -0.3 is 10.5 Å². The fourth-order valence-electron chi connectivity index (χ4n) is 1.83. The van der Waals surface area contributed by atoms with Crippen molar-refractivity contribution in [3.8, 4) is 0 Å². The van der Waals surface area contributed by atoms with Crippen molar-refractivity contribution in [3.05, 3.63) is 46.5 Å². The van der Waals surface area contributed by atoms with Crippen molar-refractivity contribution in [2.24, 2.45) is 5.73 Å². The second-order valence-electron chi connectivity index (χ2n) is 5.05. The van der Waals surface area contributed by atoms with Crippen molar-refractivity contribution >= 4 is 28.3 Å². The first-order chi connectivity index (χ1) is 11.7. The van der Waals surface area contributed by atoms with Crippen LogP contribution in [0.15, 0.2) is 29.6 Å². The summed E-state index contributed by atoms with van der Waals surface area (Å²) in [6.07, 6.45) is -4.39. The molecule has 2 amide bonds. The molecule has 0 aliphatic heterocycles. The van der Waals surface area contributed by atoms with Crippen molar-refractivity contribution in [2.75, 3.05) is 11.9 Å². The largest absolute Gasteiger partial charge is 0.411 e. The maximum atomic E-state index is 12.1. The van der Waals surface area contributed by atoms with Gasteiger partial charge in [0.1, 0.15) is 6.61 Å². The summed E-state index contributed by atoms with van der Waals surface area (Å²) in [5, 5.41) is 4.50. The first-order valence-corrected chi connectivity index (χ1v) is 7.88. The van der Waals surface area contributed by atoms with Crippen LogP contribution in [-0.2, 0) is 22.6 Å². The van der Waals surface area contributed by atoms with E-state index in [4.69, 9.17) is 5.73 Å². The number of carbonyl (C=O) groups is 2. The number of halogens is 3. The summed E-state index contributed by atoms with van der Waals surface area (Å²) < 4.78 is 40.5. The zero-order valence-electron chi connectivity index (χ0n) is 12.8. The van der Waals surface area contributed by atoms with E-state index in [1.807, 2.05) is 0 Å². The molecule has 0 aliphatic carbocycles. The Morgan fingerprint density at radius 1 is 1.24 bits per heavy atom. The number of rotatable bonds is 7. The molecule has 2 aromatic rings. The number of carbonyl (C=O) groups excluding carboxylic acids is 2. The van der Waals surface area contributed by atoms with Crippen LogP contribution in [0, 0.1) is 0 Å². The second-order valence-corrected chi connectivity index (χ2v) is 5.90. The van der Waals surface area contributed by atoms with Crippen LogP contribution in [0.4, 0.5) is 18.3 Å². The van der Waals surface area contributed by atoms with Crippen LogP contribution < -0.4 is 11.1 Å². The van der Waals surface area contributed by atoms with Crippen LogP contribution in [0.3, 0.4) is 0 Å². The first-order valence-electron chi connectivity index (χ1n) is 7.00. The number of ether oxygens (including phenoxy) is 1. The predicted molar refractivity (Wildman–Crippen MR) is 85.1 cm³/mol. The quantitative estimate of drug-likeness (QED) is 0.780. The van der Waals surface area contributed by atoms with Gasteiger partial charge in [-0.1, -0.05) is 12.1 Å². The Labute approximate surface area is 144 Å². The normalized spacial score (nSPS) is 11.3. The molecule has 0 saturated heterocycles. The summed E-state index contributed by atoms with van der Waals surface area (Å²) in [5.41, 5.74) is 6.35. The number of hydrogen-bond acceptors (Lipinski definition) is 5. The Hall–Kier alpha value is -2.46. The fraction of sp³-hybridized carbons (Fsp3) is 0.267. The minimum atomic E-state index is -4.37. The molecule has 2 rings (SSSR count). The molecule has 6 nitrogen and oxygen atoms in total. The topological polar surface area (TPSA) is 94.3 Å². The Bertz CT molecular complexity index is 744. The number of nitrogens with zero attached hydrogens (tertiary/aromatic N) is 1. The number of anilines is 1. The van der Waals surface area contributed by atoms with E-state index < -0.39 is 24.6 Å². The number of alkyl halides is 3. The lowest BCUT2D eigenvalue weighted by Crippen LogP contribution is -2.16. The zero-order valence-corrected chi connectivity index (χ0v) is 13.6. The van der Waals surface area contributed by atoms with Gasteiger partial charge in [0.2, 0.25) is 5.91 Å². The molecule has 0 atom stereocenters. The van der Waals surface area contributed by atoms with Crippen molar-refractivity contribution < 1.29 is 27.5 Å². The maximum absolute atomic E-state index is 12.1. The van der Waals surface area contributed by atoms with Crippen molar-refractivity contribution in [1.82, 2.24) is 4.98 Å². The van der Waals surface area contributed by atoms with Gasteiger partial charge in [-0.05, 0) is 17.7 Å². The van der Waals surface area contributed by atoms with Crippen molar-refractivity contribution in [1.29, 1.82) is 0 Å². The van der Waals surface area contributed by atoms with E-state index in [1.165, 1.54) is 24.3 Å². The number of nitrogens with one attached hydrogen (secondary N) is 1. The molecule has 0 fully saturated rings. The van der Waals surface area contributed by atoms with Crippen molar-refractivity contribution in [3.63, 3.8) is 0 Å². The number of benzene rings is 1. The number of amides is 2. The fourth-order valence-corrected chi connectivity index (χ4v) is 2.54. The molecule has 134 valence electrons. The van der Waals surface area contributed by atoms with E-state index in [0.717, 1.165) is 11.3 Å². The highest BCUT2D eigenvalue weighted by Gasteiger charge is 2.27. The summed E-state index contributed by atoms with van der Waals surface area (Å²) >= 11 is 1.15. The van der Waals surface area contributed by atoms with Crippen LogP contribution in [-0.4, -0.2) is 29.6 Å². The molecule has 0 spiro atoms. The van der Waals surface area contributed by atoms with Gasteiger partial charge in [-0.3, -0.25) is 14.9 Å². The minimum absolute atomic E-state index is 0.0149. The van der Waals surface area contributed by atoms with Gasteiger partial charge in [-0.2, -0.15) is 13.2 Å². The number of thiazole rings is 1. The Kier molecular flexibility index (Phi) is 6.10. The van der Waals surface area contributed by atoms with Gasteiger partial charge in [0, 0.05) is 10.9 Å². The smallest absolute Gasteiger partial charge is 0.369 e. The van der Waals surface area contributed by atoms with E-state index in [1.54, 1.807) is 5.38 Å². The highest BCUT2D eigenvalue weighted by molar-refractivity contribution is 7.14. The van der Waals surface area contributed by atoms with Gasteiger partial charge in [0.05, 0.1) is 18.7 Å². The molecule has 25 heavy (non-hydrogen) atoms. The van der Waals surface area contributed by atoms with Gasteiger partial charge in [-0.15, -0.1) is 11.3 Å². The Balaban J connectivity index is 1.89. The molecule has 0 saturated carbocycles. The van der Waals surface area contributed by atoms with Gasteiger partial charge in [-0.25, -0.2) is 4.98 Å². The Morgan fingerprint density at radius 3 is 2.52 bits per heavy atom. The predicted octanol–water partition coefficient (Wildman–Crippen LogP) is 2.50. The van der Waals surface area contributed by atoms with Crippen molar-refractivity contribution in [2.45, 2.75) is 19.2 Å². The molecule has 0 bridgehead atoms. The molecule has 3 N–H and O–H groups in total. The standard InChI is InChI=1S/C15H14F3N3O3S/c16-15(17,18)8-24-6-9-1-3-10(4-2-9)13(23)21-14-20-11(7-25-14)5-12(19)22/h1-4,7H,5-6,8H2,(H2,19,22)(H,20,21,23). The third kappa shape index (κ3) is 6.51. The molecule has 0 aliphatic rings. The molecular formula is C15H14F3N3O3S. The van der Waals surface area contributed by atoms with E-state index >= 15 is 0 Å².